The first-order valence-electron chi connectivity index (χ1n) is 5.86. The maximum atomic E-state index is 12.0. The largest absolute Gasteiger partial charge is 0.495 e. The van der Waals surface area contributed by atoms with Crippen molar-refractivity contribution in [1.29, 1.82) is 0 Å². The van der Waals surface area contributed by atoms with Crippen LogP contribution in [0.4, 0.5) is 11.4 Å². The molecule has 1 aromatic rings. The first-order chi connectivity index (χ1) is 8.91. The van der Waals surface area contributed by atoms with Gasteiger partial charge in [0.25, 0.3) is 0 Å². The molecule has 0 saturated carbocycles. The summed E-state index contributed by atoms with van der Waals surface area (Å²) in [5, 5.41) is 2.67. The molecule has 3 N–H and O–H groups in total. The fourth-order valence-corrected chi connectivity index (χ4v) is 3.80. The first-order valence-corrected chi connectivity index (χ1v) is 7.68. The Balaban J connectivity index is 2.13. The van der Waals surface area contributed by atoms with Crippen LogP contribution in [-0.4, -0.2) is 32.9 Å². The molecule has 1 unspecified atom stereocenters. The molecule has 1 amide bonds. The van der Waals surface area contributed by atoms with E-state index >= 15 is 0 Å². The number of benzene rings is 1. The summed E-state index contributed by atoms with van der Waals surface area (Å²) in [4.78, 5) is 12.0. The molecule has 1 fully saturated rings. The number of methoxy groups -OCH3 is 1. The molecule has 0 spiro atoms. The molecule has 1 heterocycles. The predicted molar refractivity (Wildman–Crippen MR) is 72.8 cm³/mol. The minimum absolute atomic E-state index is 0.0686. The fraction of sp³-hybridized carbons (Fsp3) is 0.417. The van der Waals surface area contributed by atoms with E-state index in [2.05, 4.69) is 5.32 Å². The molecule has 0 aromatic heterocycles. The fourth-order valence-electron chi connectivity index (χ4n) is 2.06. The van der Waals surface area contributed by atoms with Gasteiger partial charge in [0.15, 0.2) is 9.84 Å². The number of nitrogens with two attached hydrogens (primary N) is 1. The van der Waals surface area contributed by atoms with Crippen molar-refractivity contribution in [3.05, 3.63) is 18.2 Å². The second-order valence-corrected chi connectivity index (χ2v) is 6.78. The summed E-state index contributed by atoms with van der Waals surface area (Å²) >= 11 is 0. The van der Waals surface area contributed by atoms with Gasteiger partial charge in [-0.15, -0.1) is 0 Å². The Morgan fingerprint density at radius 1 is 1.47 bits per heavy atom. The molecule has 0 radical (unpaired) electrons. The zero-order valence-electron chi connectivity index (χ0n) is 10.5. The zero-order valence-corrected chi connectivity index (χ0v) is 11.4. The average molecular weight is 284 g/mol. The minimum atomic E-state index is -3.07. The highest BCUT2D eigenvalue weighted by molar-refractivity contribution is 7.91. The Bertz CT molecular complexity index is 598. The third-order valence-electron chi connectivity index (χ3n) is 3.08. The Morgan fingerprint density at radius 2 is 2.21 bits per heavy atom. The van der Waals surface area contributed by atoms with Crippen LogP contribution in [0.5, 0.6) is 5.75 Å². The summed E-state index contributed by atoms with van der Waals surface area (Å²) in [6, 6.07) is 4.89. The second kappa shape index (κ2) is 5.08. The van der Waals surface area contributed by atoms with E-state index in [0.29, 0.717) is 23.5 Å². The van der Waals surface area contributed by atoms with Gasteiger partial charge in [-0.1, -0.05) is 0 Å². The highest BCUT2D eigenvalue weighted by atomic mass is 32.2. The number of anilines is 2. The topological polar surface area (TPSA) is 98.5 Å². The molecule has 2 rings (SSSR count). The first kappa shape index (κ1) is 13.7. The second-order valence-electron chi connectivity index (χ2n) is 4.55. The van der Waals surface area contributed by atoms with Crippen molar-refractivity contribution in [1.82, 2.24) is 0 Å². The minimum Gasteiger partial charge on any atom is -0.495 e. The van der Waals surface area contributed by atoms with E-state index in [0.717, 1.165) is 0 Å². The number of carbonyl (C=O) groups excluding carboxylic acids is 1. The van der Waals surface area contributed by atoms with Gasteiger partial charge in [-0.2, -0.15) is 0 Å². The normalized spacial score (nSPS) is 21.0. The van der Waals surface area contributed by atoms with Crippen LogP contribution >= 0.6 is 0 Å². The van der Waals surface area contributed by atoms with Gasteiger partial charge in [0.1, 0.15) is 5.75 Å². The quantitative estimate of drug-likeness (QED) is 0.794. The molecule has 0 bridgehead atoms. The Hall–Kier alpha value is -1.76. The summed E-state index contributed by atoms with van der Waals surface area (Å²) in [7, 11) is -1.59. The number of sulfone groups is 1. The molecule has 1 aliphatic heterocycles. The summed E-state index contributed by atoms with van der Waals surface area (Å²) in [6.45, 7) is 0. The molecular formula is C12H16N2O4S. The molecular weight excluding hydrogens is 268 g/mol. The monoisotopic (exact) mass is 284 g/mol. The Labute approximate surface area is 111 Å². The van der Waals surface area contributed by atoms with Crippen molar-refractivity contribution < 1.29 is 17.9 Å². The van der Waals surface area contributed by atoms with Gasteiger partial charge in [0.2, 0.25) is 5.91 Å². The highest BCUT2D eigenvalue weighted by Gasteiger charge is 2.33. The number of rotatable bonds is 3. The summed E-state index contributed by atoms with van der Waals surface area (Å²) < 4.78 is 27.8. The van der Waals surface area contributed by atoms with Gasteiger partial charge in [-0.3, -0.25) is 4.79 Å². The number of hydrogen-bond acceptors (Lipinski definition) is 5. The third kappa shape index (κ3) is 3.17. The van der Waals surface area contributed by atoms with Crippen molar-refractivity contribution in [2.45, 2.75) is 6.42 Å². The molecule has 19 heavy (non-hydrogen) atoms. The lowest BCUT2D eigenvalue weighted by Gasteiger charge is -2.13. The number of ether oxygens (including phenoxy) is 1. The van der Waals surface area contributed by atoms with Crippen LogP contribution in [0.25, 0.3) is 0 Å². The van der Waals surface area contributed by atoms with Crippen LogP contribution in [0.15, 0.2) is 18.2 Å². The van der Waals surface area contributed by atoms with Crippen molar-refractivity contribution in [3.8, 4) is 5.75 Å². The van der Waals surface area contributed by atoms with E-state index in [4.69, 9.17) is 10.5 Å². The van der Waals surface area contributed by atoms with Crippen LogP contribution in [0.3, 0.4) is 0 Å². The lowest BCUT2D eigenvalue weighted by Crippen LogP contribution is -2.24. The molecule has 7 heteroatoms. The van der Waals surface area contributed by atoms with Crippen LogP contribution < -0.4 is 15.8 Å². The molecule has 1 atom stereocenters. The van der Waals surface area contributed by atoms with Gasteiger partial charge < -0.3 is 15.8 Å². The van der Waals surface area contributed by atoms with E-state index < -0.39 is 15.8 Å². The summed E-state index contributed by atoms with van der Waals surface area (Å²) in [6.07, 6.45) is 0.360. The Kier molecular flexibility index (Phi) is 3.66. The van der Waals surface area contributed by atoms with Gasteiger partial charge in [-0.05, 0) is 24.6 Å². The predicted octanol–water partition coefficient (Wildman–Crippen LogP) is 0.651. The van der Waals surface area contributed by atoms with Crippen molar-refractivity contribution in [2.75, 3.05) is 29.7 Å². The van der Waals surface area contributed by atoms with Crippen LogP contribution in [-0.2, 0) is 14.6 Å². The summed E-state index contributed by atoms with van der Waals surface area (Å²) in [5.41, 5.74) is 6.60. The Morgan fingerprint density at radius 3 is 2.79 bits per heavy atom. The standard InChI is InChI=1S/C12H16N2O4S/c1-18-11-3-2-9(13)6-10(11)14-12(15)8-4-5-19(16,17)7-8/h2-3,6,8H,4-5,7,13H2,1H3,(H,14,15). The number of carbonyl (C=O) groups is 1. The molecule has 1 saturated heterocycles. The maximum absolute atomic E-state index is 12.0. The smallest absolute Gasteiger partial charge is 0.228 e. The molecule has 1 aromatic carbocycles. The van der Waals surface area contributed by atoms with Crippen LogP contribution in [0, 0.1) is 5.92 Å². The molecule has 0 aliphatic carbocycles. The molecule has 1 aliphatic rings. The van der Waals surface area contributed by atoms with Crippen molar-refractivity contribution in [3.63, 3.8) is 0 Å². The number of amides is 1. The third-order valence-corrected chi connectivity index (χ3v) is 4.85. The van der Waals surface area contributed by atoms with E-state index in [1.54, 1.807) is 18.2 Å². The zero-order chi connectivity index (χ0) is 14.0. The van der Waals surface area contributed by atoms with Gasteiger partial charge >= 0.3 is 0 Å². The highest BCUT2D eigenvalue weighted by Crippen LogP contribution is 2.28. The molecule has 6 nitrogen and oxygen atoms in total. The van der Waals surface area contributed by atoms with Crippen molar-refractivity contribution >= 4 is 27.1 Å². The lowest BCUT2D eigenvalue weighted by molar-refractivity contribution is -0.119. The van der Waals surface area contributed by atoms with Gasteiger partial charge in [0, 0.05) is 5.69 Å². The van der Waals surface area contributed by atoms with Crippen LogP contribution in [0.2, 0.25) is 0 Å². The lowest BCUT2D eigenvalue weighted by atomic mass is 10.1. The van der Waals surface area contributed by atoms with E-state index in [1.165, 1.54) is 7.11 Å². The summed E-state index contributed by atoms with van der Waals surface area (Å²) in [5.74, 6) is -0.354. The maximum Gasteiger partial charge on any atom is 0.228 e. The van der Waals surface area contributed by atoms with Crippen molar-refractivity contribution in [2.24, 2.45) is 5.92 Å². The molecule has 104 valence electrons. The average Bonchev–Trinajstić information content (AvgIpc) is 2.70. The van der Waals surface area contributed by atoms with E-state index in [9.17, 15) is 13.2 Å². The number of nitrogens with one attached hydrogen (secondary N) is 1. The SMILES string of the molecule is COc1ccc(N)cc1NC(=O)C1CCS(=O)(=O)C1. The van der Waals surface area contributed by atoms with Crippen LogP contribution in [0.1, 0.15) is 6.42 Å². The van der Waals surface area contributed by atoms with Gasteiger partial charge in [0.05, 0.1) is 30.2 Å². The number of hydrogen-bond donors (Lipinski definition) is 2. The number of nitrogen functional groups attached to an aromatic ring is 1. The van der Waals surface area contributed by atoms with E-state index in [-0.39, 0.29) is 17.4 Å². The van der Waals surface area contributed by atoms with E-state index in [1.807, 2.05) is 0 Å². The van der Waals surface area contributed by atoms with Gasteiger partial charge in [-0.25, -0.2) is 8.42 Å².